The van der Waals surface area contributed by atoms with Crippen molar-refractivity contribution in [1.82, 2.24) is 9.55 Å². The number of pyridine rings is 1. The Kier molecular flexibility index (Phi) is 4.90. The number of nitro groups is 1. The molecule has 3 aromatic rings. The lowest BCUT2D eigenvalue weighted by atomic mass is 10.1. The molecular formula is C17H14N4O4S. The highest BCUT2D eigenvalue weighted by Gasteiger charge is 2.11. The molecule has 26 heavy (non-hydrogen) atoms. The number of hydrogen-bond donors (Lipinski definition) is 1. The standard InChI is InChI=1S/C17H14N4O4S/c1-11-18-15(10-26-11)12-3-2-4-13(7-12)19-16(22)9-20-8-14(21(24)25)5-6-17(20)23/h2-8,10H,9H2,1H3,(H,19,22). The van der Waals surface area contributed by atoms with E-state index in [1.165, 1.54) is 11.3 Å². The Morgan fingerprint density at radius 1 is 1.35 bits per heavy atom. The van der Waals surface area contributed by atoms with Crippen LogP contribution in [0, 0.1) is 17.0 Å². The van der Waals surface area contributed by atoms with E-state index in [1.807, 2.05) is 18.4 Å². The molecule has 1 amide bonds. The lowest BCUT2D eigenvalue weighted by molar-refractivity contribution is -0.385. The number of hydrogen-bond acceptors (Lipinski definition) is 6. The zero-order valence-electron chi connectivity index (χ0n) is 13.7. The molecule has 3 rings (SSSR count). The first-order chi connectivity index (χ1) is 12.4. The Labute approximate surface area is 151 Å². The first-order valence-electron chi connectivity index (χ1n) is 7.60. The molecule has 9 heteroatoms. The van der Waals surface area contributed by atoms with Crippen molar-refractivity contribution in [2.45, 2.75) is 13.5 Å². The first-order valence-corrected chi connectivity index (χ1v) is 8.47. The normalized spacial score (nSPS) is 10.5. The van der Waals surface area contributed by atoms with Gasteiger partial charge in [0.2, 0.25) is 5.91 Å². The smallest absolute Gasteiger partial charge is 0.285 e. The van der Waals surface area contributed by atoms with E-state index < -0.39 is 16.4 Å². The maximum atomic E-state index is 12.2. The third kappa shape index (κ3) is 4.01. The highest BCUT2D eigenvalue weighted by atomic mass is 32.1. The van der Waals surface area contributed by atoms with E-state index in [-0.39, 0.29) is 12.2 Å². The van der Waals surface area contributed by atoms with Crippen LogP contribution in [-0.2, 0) is 11.3 Å². The minimum absolute atomic E-state index is 0.252. The van der Waals surface area contributed by atoms with Crippen molar-refractivity contribution in [1.29, 1.82) is 0 Å². The summed E-state index contributed by atoms with van der Waals surface area (Å²) in [6.07, 6.45) is 1.05. The molecule has 0 aliphatic heterocycles. The van der Waals surface area contributed by atoms with E-state index >= 15 is 0 Å². The van der Waals surface area contributed by atoms with E-state index in [0.717, 1.165) is 39.2 Å². The summed E-state index contributed by atoms with van der Waals surface area (Å²) < 4.78 is 1.00. The fourth-order valence-electron chi connectivity index (χ4n) is 2.36. The van der Waals surface area contributed by atoms with Crippen LogP contribution in [0.15, 0.2) is 52.8 Å². The maximum absolute atomic E-state index is 12.2. The van der Waals surface area contributed by atoms with E-state index in [4.69, 9.17) is 0 Å². The second kappa shape index (κ2) is 7.28. The molecule has 0 aliphatic carbocycles. The number of nitrogens with zero attached hydrogens (tertiary/aromatic N) is 3. The van der Waals surface area contributed by atoms with E-state index in [0.29, 0.717) is 5.69 Å². The number of amides is 1. The Morgan fingerprint density at radius 2 is 2.15 bits per heavy atom. The first kappa shape index (κ1) is 17.5. The Morgan fingerprint density at radius 3 is 2.85 bits per heavy atom. The van der Waals surface area contributed by atoms with Gasteiger partial charge in [-0.3, -0.25) is 24.3 Å². The van der Waals surface area contributed by atoms with Gasteiger partial charge in [-0.05, 0) is 19.1 Å². The van der Waals surface area contributed by atoms with Gasteiger partial charge in [0.25, 0.3) is 11.2 Å². The second-order valence-corrected chi connectivity index (χ2v) is 6.55. The molecule has 8 nitrogen and oxygen atoms in total. The molecule has 0 unspecified atom stereocenters. The Bertz CT molecular complexity index is 1040. The summed E-state index contributed by atoms with van der Waals surface area (Å²) in [4.78, 5) is 38.6. The third-order valence-electron chi connectivity index (χ3n) is 3.55. The molecule has 0 atom stereocenters. The summed E-state index contributed by atoms with van der Waals surface area (Å²) in [5.74, 6) is -0.459. The molecule has 132 valence electrons. The number of anilines is 1. The van der Waals surface area contributed by atoms with Crippen LogP contribution in [-0.4, -0.2) is 20.4 Å². The molecule has 0 spiro atoms. The van der Waals surface area contributed by atoms with Gasteiger partial charge < -0.3 is 5.32 Å². The van der Waals surface area contributed by atoms with Crippen molar-refractivity contribution >= 4 is 28.6 Å². The fourth-order valence-corrected chi connectivity index (χ4v) is 2.98. The molecule has 1 aromatic carbocycles. The van der Waals surface area contributed by atoms with Crippen molar-refractivity contribution < 1.29 is 9.72 Å². The van der Waals surface area contributed by atoms with Crippen LogP contribution in [0.3, 0.4) is 0 Å². The molecule has 0 radical (unpaired) electrons. The minimum atomic E-state index is -0.618. The monoisotopic (exact) mass is 370 g/mol. The molecular weight excluding hydrogens is 356 g/mol. The van der Waals surface area contributed by atoms with Gasteiger partial charge in [0.15, 0.2) is 0 Å². The quantitative estimate of drug-likeness (QED) is 0.549. The molecule has 2 aromatic heterocycles. The average molecular weight is 370 g/mol. The Hall–Kier alpha value is -3.33. The number of thiazole rings is 1. The van der Waals surface area contributed by atoms with Gasteiger partial charge in [0, 0.05) is 28.8 Å². The Balaban J connectivity index is 1.76. The van der Waals surface area contributed by atoms with Gasteiger partial charge in [-0.1, -0.05) is 12.1 Å². The summed E-state index contributed by atoms with van der Waals surface area (Å²) in [5, 5.41) is 16.4. The SMILES string of the molecule is Cc1nc(-c2cccc(NC(=O)Cn3cc([N+](=O)[O-])ccc3=O)c2)cs1. The molecule has 0 fully saturated rings. The largest absolute Gasteiger partial charge is 0.325 e. The van der Waals surface area contributed by atoms with E-state index in [9.17, 15) is 19.7 Å². The molecule has 0 aliphatic rings. The van der Waals surface area contributed by atoms with Crippen molar-refractivity contribution in [3.63, 3.8) is 0 Å². The molecule has 0 saturated heterocycles. The highest BCUT2D eigenvalue weighted by molar-refractivity contribution is 7.09. The van der Waals surface area contributed by atoms with Crippen LogP contribution in [0.5, 0.6) is 0 Å². The van der Waals surface area contributed by atoms with Gasteiger partial charge in [0.1, 0.15) is 6.54 Å². The summed E-state index contributed by atoms with van der Waals surface area (Å²) >= 11 is 1.53. The summed E-state index contributed by atoms with van der Waals surface area (Å²) in [6.45, 7) is 1.59. The van der Waals surface area contributed by atoms with Crippen molar-refractivity contribution in [3.05, 3.63) is 73.5 Å². The van der Waals surface area contributed by atoms with Gasteiger partial charge in [-0.2, -0.15) is 0 Å². The molecule has 1 N–H and O–H groups in total. The van der Waals surface area contributed by atoms with Crippen LogP contribution in [0.2, 0.25) is 0 Å². The minimum Gasteiger partial charge on any atom is -0.325 e. The summed E-state index contributed by atoms with van der Waals surface area (Å²) in [7, 11) is 0. The van der Waals surface area contributed by atoms with Crippen molar-refractivity contribution in [2.24, 2.45) is 0 Å². The zero-order valence-corrected chi connectivity index (χ0v) is 14.5. The number of aryl methyl sites for hydroxylation is 1. The van der Waals surface area contributed by atoms with E-state index in [1.54, 1.807) is 18.2 Å². The second-order valence-electron chi connectivity index (χ2n) is 5.49. The van der Waals surface area contributed by atoms with E-state index in [2.05, 4.69) is 10.3 Å². The van der Waals surface area contributed by atoms with Crippen LogP contribution >= 0.6 is 11.3 Å². The third-order valence-corrected chi connectivity index (χ3v) is 4.33. The summed E-state index contributed by atoms with van der Waals surface area (Å²) in [5.41, 5.74) is 1.49. The predicted octanol–water partition coefficient (Wildman–Crippen LogP) is 2.83. The number of rotatable bonds is 5. The molecule has 0 saturated carbocycles. The van der Waals surface area contributed by atoms with Crippen molar-refractivity contribution in [2.75, 3.05) is 5.32 Å². The fraction of sp³-hybridized carbons (Fsp3) is 0.118. The number of benzene rings is 1. The van der Waals surface area contributed by atoms with Crippen LogP contribution in [0.1, 0.15) is 5.01 Å². The lowest BCUT2D eigenvalue weighted by Gasteiger charge is -2.08. The van der Waals surface area contributed by atoms with Gasteiger partial charge in [-0.25, -0.2) is 4.98 Å². The van der Waals surface area contributed by atoms with Crippen molar-refractivity contribution in [3.8, 4) is 11.3 Å². The number of aromatic nitrogens is 2. The summed E-state index contributed by atoms with van der Waals surface area (Å²) in [6, 6.07) is 9.35. The molecule has 2 heterocycles. The van der Waals surface area contributed by atoms with Crippen LogP contribution in [0.25, 0.3) is 11.3 Å². The maximum Gasteiger partial charge on any atom is 0.285 e. The van der Waals surface area contributed by atoms with Crippen LogP contribution in [0.4, 0.5) is 11.4 Å². The number of carbonyl (C=O) groups is 1. The van der Waals surface area contributed by atoms with Gasteiger partial charge >= 0.3 is 0 Å². The zero-order chi connectivity index (χ0) is 18.7. The van der Waals surface area contributed by atoms with Crippen LogP contribution < -0.4 is 10.9 Å². The topological polar surface area (TPSA) is 107 Å². The number of nitrogens with one attached hydrogen (secondary N) is 1. The predicted molar refractivity (Wildman–Crippen MR) is 98.3 cm³/mol. The van der Waals surface area contributed by atoms with Gasteiger partial charge in [-0.15, -0.1) is 11.3 Å². The average Bonchev–Trinajstić information content (AvgIpc) is 3.03. The van der Waals surface area contributed by atoms with Gasteiger partial charge in [0.05, 0.1) is 21.8 Å². The lowest BCUT2D eigenvalue weighted by Crippen LogP contribution is -2.26. The highest BCUT2D eigenvalue weighted by Crippen LogP contribution is 2.24. The molecule has 0 bridgehead atoms. The number of carbonyl (C=O) groups excluding carboxylic acids is 1.